The molecule has 0 bridgehead atoms. The molecule has 0 fully saturated rings. The number of carbonyl (C=O) groups excluding carboxylic acids is 2. The molecule has 0 saturated heterocycles. The van der Waals surface area contributed by atoms with Crippen LogP contribution in [0.2, 0.25) is 5.02 Å². The minimum absolute atomic E-state index is 0.119. The van der Waals surface area contributed by atoms with Gasteiger partial charge in [0.25, 0.3) is 5.91 Å². The summed E-state index contributed by atoms with van der Waals surface area (Å²) in [6.07, 6.45) is 1.40. The number of esters is 1. The number of hydrogen-bond acceptors (Lipinski definition) is 5. The third-order valence-electron chi connectivity index (χ3n) is 3.75. The van der Waals surface area contributed by atoms with Crippen molar-refractivity contribution < 1.29 is 19.1 Å². The zero-order chi connectivity index (χ0) is 20.5. The van der Waals surface area contributed by atoms with Crippen LogP contribution in [-0.4, -0.2) is 25.1 Å². The average molecular weight is 399 g/mol. The van der Waals surface area contributed by atoms with Crippen LogP contribution in [0.3, 0.4) is 0 Å². The molecule has 7 heteroatoms. The number of rotatable bonds is 7. The van der Waals surface area contributed by atoms with Gasteiger partial charge in [-0.1, -0.05) is 35.9 Å². The summed E-state index contributed by atoms with van der Waals surface area (Å²) in [4.78, 5) is 24.0. The first-order valence-corrected chi connectivity index (χ1v) is 8.89. The van der Waals surface area contributed by atoms with E-state index in [0.29, 0.717) is 27.6 Å². The smallest absolute Gasteiger partial charge is 0.344 e. The molecule has 0 aromatic heterocycles. The quantitative estimate of drug-likeness (QED) is 0.430. The largest absolute Gasteiger partial charge is 0.481 e. The minimum atomic E-state index is -0.576. The highest BCUT2D eigenvalue weighted by atomic mass is 35.5. The molecular formula is C21H19ClN2O4. The lowest BCUT2D eigenvalue weighted by molar-refractivity contribution is -0.145. The van der Waals surface area contributed by atoms with Crippen LogP contribution in [0.5, 0.6) is 5.75 Å². The fraction of sp³-hybridized carbons (Fsp3) is 0.190. The van der Waals surface area contributed by atoms with Crippen molar-refractivity contribution in [2.45, 2.75) is 13.8 Å². The van der Waals surface area contributed by atoms with Gasteiger partial charge in [0.15, 0.2) is 6.61 Å². The number of ether oxygens (including phenoxy) is 2. The maximum absolute atomic E-state index is 12.5. The summed E-state index contributed by atoms with van der Waals surface area (Å²) in [6.45, 7) is 3.46. The highest BCUT2D eigenvalue weighted by molar-refractivity contribution is 6.31. The molecule has 0 radical (unpaired) electrons. The maximum Gasteiger partial charge on any atom is 0.344 e. The normalized spacial score (nSPS) is 10.7. The van der Waals surface area contributed by atoms with E-state index in [-0.39, 0.29) is 18.8 Å². The van der Waals surface area contributed by atoms with E-state index in [2.05, 4.69) is 5.32 Å². The second-order valence-corrected chi connectivity index (χ2v) is 6.08. The Balaban J connectivity index is 2.22. The lowest BCUT2D eigenvalue weighted by atomic mass is 10.1. The predicted octanol–water partition coefficient (Wildman–Crippen LogP) is 4.14. The van der Waals surface area contributed by atoms with Gasteiger partial charge in [0.2, 0.25) is 0 Å². The molecule has 0 aliphatic heterocycles. The van der Waals surface area contributed by atoms with Crippen molar-refractivity contribution >= 4 is 35.2 Å². The third-order valence-corrected chi connectivity index (χ3v) is 4.16. The molecule has 0 atom stereocenters. The molecule has 0 spiro atoms. The average Bonchev–Trinajstić information content (AvgIpc) is 2.69. The van der Waals surface area contributed by atoms with Gasteiger partial charge >= 0.3 is 5.97 Å². The van der Waals surface area contributed by atoms with Crippen LogP contribution in [0.15, 0.2) is 48.0 Å². The van der Waals surface area contributed by atoms with Crippen LogP contribution in [0.1, 0.15) is 18.1 Å². The van der Waals surface area contributed by atoms with E-state index in [1.165, 1.54) is 6.08 Å². The van der Waals surface area contributed by atoms with Crippen molar-refractivity contribution in [1.82, 2.24) is 0 Å². The zero-order valence-electron chi connectivity index (χ0n) is 15.5. The zero-order valence-corrected chi connectivity index (χ0v) is 16.2. The molecule has 1 N–H and O–H groups in total. The minimum Gasteiger partial charge on any atom is -0.481 e. The van der Waals surface area contributed by atoms with Gasteiger partial charge in [-0.15, -0.1) is 0 Å². The van der Waals surface area contributed by atoms with Crippen molar-refractivity contribution in [3.63, 3.8) is 0 Å². The Hall–Kier alpha value is -3.30. The molecule has 0 heterocycles. The summed E-state index contributed by atoms with van der Waals surface area (Å²) < 4.78 is 10.3. The summed E-state index contributed by atoms with van der Waals surface area (Å²) >= 11 is 6.06. The molecular weight excluding hydrogens is 380 g/mol. The van der Waals surface area contributed by atoms with Crippen molar-refractivity contribution in [2.75, 3.05) is 18.5 Å². The Morgan fingerprint density at radius 1 is 1.21 bits per heavy atom. The van der Waals surface area contributed by atoms with Gasteiger partial charge < -0.3 is 14.8 Å². The van der Waals surface area contributed by atoms with Crippen molar-refractivity contribution in [3.8, 4) is 11.8 Å². The Labute approximate surface area is 168 Å². The topological polar surface area (TPSA) is 88.4 Å². The Bertz CT molecular complexity index is 948. The van der Waals surface area contributed by atoms with Gasteiger partial charge in [0, 0.05) is 16.3 Å². The maximum atomic E-state index is 12.5. The van der Waals surface area contributed by atoms with Gasteiger partial charge in [-0.05, 0) is 43.7 Å². The van der Waals surface area contributed by atoms with Crippen LogP contribution in [0.4, 0.5) is 5.69 Å². The summed E-state index contributed by atoms with van der Waals surface area (Å²) in [5.41, 5.74) is 1.59. The Morgan fingerprint density at radius 2 is 1.96 bits per heavy atom. The molecule has 1 amide bonds. The van der Waals surface area contributed by atoms with E-state index in [4.69, 9.17) is 21.1 Å². The first kappa shape index (κ1) is 21.0. The number of carbonyl (C=O) groups is 2. The molecule has 2 aromatic carbocycles. The second-order valence-electron chi connectivity index (χ2n) is 5.67. The lowest BCUT2D eigenvalue weighted by Gasteiger charge is -2.10. The second kappa shape index (κ2) is 10.1. The summed E-state index contributed by atoms with van der Waals surface area (Å²) in [7, 11) is 0. The standard InChI is InChI=1S/C21H19ClN2O4/c1-3-27-20(25)13-28-19-10-5-4-7-15(19)11-16(12-23)21(26)24-18-9-6-8-17(22)14(18)2/h4-11H,3,13H2,1-2H3,(H,24,26)/b16-11-. The lowest BCUT2D eigenvalue weighted by Crippen LogP contribution is -2.15. The number of anilines is 1. The van der Waals surface area contributed by atoms with Gasteiger partial charge in [0.05, 0.1) is 6.61 Å². The van der Waals surface area contributed by atoms with E-state index >= 15 is 0 Å². The number of nitrogens with one attached hydrogen (secondary N) is 1. The fourth-order valence-electron chi connectivity index (χ4n) is 2.31. The van der Waals surface area contributed by atoms with Crippen LogP contribution in [0, 0.1) is 18.3 Å². The Morgan fingerprint density at radius 3 is 2.68 bits per heavy atom. The molecule has 144 valence electrons. The van der Waals surface area contributed by atoms with E-state index in [1.807, 2.05) is 6.07 Å². The number of amides is 1. The van der Waals surface area contributed by atoms with E-state index < -0.39 is 11.9 Å². The molecule has 0 aliphatic rings. The number of hydrogen-bond donors (Lipinski definition) is 1. The number of halogens is 1. The number of nitrogens with zero attached hydrogens (tertiary/aromatic N) is 1. The molecule has 28 heavy (non-hydrogen) atoms. The highest BCUT2D eigenvalue weighted by Gasteiger charge is 2.13. The first-order chi connectivity index (χ1) is 13.5. The summed E-state index contributed by atoms with van der Waals surface area (Å²) in [5, 5.41) is 12.6. The van der Waals surface area contributed by atoms with Crippen LogP contribution < -0.4 is 10.1 Å². The van der Waals surface area contributed by atoms with Crippen LogP contribution >= 0.6 is 11.6 Å². The van der Waals surface area contributed by atoms with Gasteiger partial charge in [-0.3, -0.25) is 4.79 Å². The molecule has 2 aromatic rings. The van der Waals surface area contributed by atoms with Gasteiger partial charge in [-0.25, -0.2) is 4.79 Å². The molecule has 0 saturated carbocycles. The molecule has 0 aliphatic carbocycles. The molecule has 2 rings (SSSR count). The van der Waals surface area contributed by atoms with E-state index in [9.17, 15) is 14.9 Å². The van der Waals surface area contributed by atoms with Gasteiger partial charge in [0.1, 0.15) is 17.4 Å². The predicted molar refractivity (Wildman–Crippen MR) is 107 cm³/mol. The summed E-state index contributed by atoms with van der Waals surface area (Å²) in [6, 6.07) is 13.8. The monoisotopic (exact) mass is 398 g/mol. The molecule has 6 nitrogen and oxygen atoms in total. The van der Waals surface area contributed by atoms with E-state index in [1.54, 1.807) is 56.3 Å². The summed E-state index contributed by atoms with van der Waals surface area (Å²) in [5.74, 6) is -0.723. The first-order valence-electron chi connectivity index (χ1n) is 8.52. The number of benzene rings is 2. The third kappa shape index (κ3) is 5.60. The number of para-hydroxylation sites is 1. The fourth-order valence-corrected chi connectivity index (χ4v) is 2.48. The SMILES string of the molecule is CCOC(=O)COc1ccccc1/C=C(/C#N)C(=O)Nc1cccc(Cl)c1C. The Kier molecular flexibility index (Phi) is 7.61. The van der Waals surface area contributed by atoms with Crippen LogP contribution in [-0.2, 0) is 14.3 Å². The van der Waals surface area contributed by atoms with Crippen LogP contribution in [0.25, 0.3) is 6.08 Å². The van der Waals surface area contributed by atoms with Gasteiger partial charge in [-0.2, -0.15) is 5.26 Å². The number of nitriles is 1. The highest BCUT2D eigenvalue weighted by Crippen LogP contribution is 2.25. The molecule has 0 unspecified atom stereocenters. The van der Waals surface area contributed by atoms with E-state index in [0.717, 1.165) is 0 Å². The van der Waals surface area contributed by atoms with Crippen molar-refractivity contribution in [3.05, 3.63) is 64.2 Å². The van der Waals surface area contributed by atoms with Crippen molar-refractivity contribution in [2.24, 2.45) is 0 Å². The van der Waals surface area contributed by atoms with Crippen molar-refractivity contribution in [1.29, 1.82) is 5.26 Å².